The average molecular weight is 521 g/mol. The zero-order valence-corrected chi connectivity index (χ0v) is 22.8. The third-order valence-corrected chi connectivity index (χ3v) is 6.98. The van der Waals surface area contributed by atoms with E-state index in [0.717, 1.165) is 84.6 Å². The highest BCUT2D eigenvalue weighted by Crippen LogP contribution is 2.32. The molecule has 0 atom stereocenters. The fourth-order valence-electron chi connectivity index (χ4n) is 4.51. The largest absolute Gasteiger partial charge is 0.326 e. The van der Waals surface area contributed by atoms with Gasteiger partial charge in [0.05, 0.1) is 11.4 Å². The van der Waals surface area contributed by atoms with E-state index in [1.54, 1.807) is 0 Å². The van der Waals surface area contributed by atoms with Gasteiger partial charge in [-0.25, -0.2) is 4.98 Å². The summed E-state index contributed by atoms with van der Waals surface area (Å²) >= 11 is 12.4. The number of aromatic nitrogens is 2. The van der Waals surface area contributed by atoms with Crippen molar-refractivity contribution in [3.8, 4) is 22.6 Å². The molecule has 0 spiro atoms. The molecule has 5 heteroatoms. The zero-order valence-electron chi connectivity index (χ0n) is 21.3. The van der Waals surface area contributed by atoms with Crippen molar-refractivity contribution >= 4 is 23.2 Å². The van der Waals surface area contributed by atoms with Crippen LogP contribution in [0.25, 0.3) is 22.6 Å². The van der Waals surface area contributed by atoms with Crippen molar-refractivity contribution in [3.63, 3.8) is 0 Å². The van der Waals surface area contributed by atoms with E-state index in [4.69, 9.17) is 28.2 Å². The lowest BCUT2D eigenvalue weighted by Crippen LogP contribution is -2.26. The number of rotatable bonds is 12. The molecular formula is C31H35Cl2N3. The fourth-order valence-corrected chi connectivity index (χ4v) is 4.76. The molecule has 0 amide bonds. The SMILES string of the molecule is CCCCN(Cc1ccc(Cl)cc1)Cc1c(-c2ccc(Cl)cc2)nc(-c2ccccc2)n1CCCC. The molecular weight excluding hydrogens is 485 g/mol. The Labute approximate surface area is 225 Å². The lowest BCUT2D eigenvalue weighted by Gasteiger charge is -2.24. The number of imidazole rings is 1. The van der Waals surface area contributed by atoms with Crippen LogP contribution in [0.15, 0.2) is 78.9 Å². The summed E-state index contributed by atoms with van der Waals surface area (Å²) < 4.78 is 2.45. The van der Waals surface area contributed by atoms with Crippen molar-refractivity contribution in [1.29, 1.82) is 0 Å². The summed E-state index contributed by atoms with van der Waals surface area (Å²) in [6.07, 6.45) is 4.55. The van der Waals surface area contributed by atoms with Gasteiger partial charge in [-0.15, -0.1) is 0 Å². The van der Waals surface area contributed by atoms with Crippen LogP contribution in [0.1, 0.15) is 50.8 Å². The van der Waals surface area contributed by atoms with Crippen LogP contribution >= 0.6 is 23.2 Å². The summed E-state index contributed by atoms with van der Waals surface area (Å²) in [6.45, 7) is 8.16. The Hall–Kier alpha value is -2.59. The van der Waals surface area contributed by atoms with Gasteiger partial charge in [0.2, 0.25) is 0 Å². The van der Waals surface area contributed by atoms with Crippen LogP contribution in [0.3, 0.4) is 0 Å². The maximum absolute atomic E-state index is 6.24. The molecule has 188 valence electrons. The van der Waals surface area contributed by atoms with Gasteiger partial charge in [0.1, 0.15) is 5.82 Å². The maximum atomic E-state index is 6.24. The first-order chi connectivity index (χ1) is 17.6. The monoisotopic (exact) mass is 519 g/mol. The van der Waals surface area contributed by atoms with Gasteiger partial charge in [-0.2, -0.15) is 0 Å². The van der Waals surface area contributed by atoms with Crippen LogP contribution in [0.5, 0.6) is 0 Å². The Morgan fingerprint density at radius 1 is 0.722 bits per heavy atom. The molecule has 0 aliphatic heterocycles. The van der Waals surface area contributed by atoms with E-state index in [2.05, 4.69) is 77.9 Å². The predicted octanol–water partition coefficient (Wildman–Crippen LogP) is 9.13. The predicted molar refractivity (Wildman–Crippen MR) is 153 cm³/mol. The van der Waals surface area contributed by atoms with E-state index >= 15 is 0 Å². The van der Waals surface area contributed by atoms with Gasteiger partial charge in [0.25, 0.3) is 0 Å². The number of halogens is 2. The molecule has 0 aliphatic rings. The van der Waals surface area contributed by atoms with Crippen LogP contribution in [0, 0.1) is 0 Å². The molecule has 0 radical (unpaired) electrons. The van der Waals surface area contributed by atoms with E-state index in [1.165, 1.54) is 11.3 Å². The summed E-state index contributed by atoms with van der Waals surface area (Å²) in [6, 6.07) is 26.8. The molecule has 1 aromatic heterocycles. The Bertz CT molecular complexity index is 1220. The molecule has 4 rings (SSSR count). The third kappa shape index (κ3) is 6.79. The highest BCUT2D eigenvalue weighted by atomic mass is 35.5. The second-order valence-corrected chi connectivity index (χ2v) is 10.2. The number of nitrogens with zero attached hydrogens (tertiary/aromatic N) is 3. The van der Waals surface area contributed by atoms with Gasteiger partial charge in [0, 0.05) is 40.8 Å². The summed E-state index contributed by atoms with van der Waals surface area (Å²) in [4.78, 5) is 7.80. The first kappa shape index (κ1) is 26.5. The second-order valence-electron chi connectivity index (χ2n) is 9.30. The Kier molecular flexibility index (Phi) is 9.63. The Morgan fingerprint density at radius 3 is 2.00 bits per heavy atom. The topological polar surface area (TPSA) is 21.1 Å². The fraction of sp³-hybridized carbons (Fsp3) is 0.323. The molecule has 36 heavy (non-hydrogen) atoms. The minimum atomic E-state index is 0.737. The van der Waals surface area contributed by atoms with Crippen molar-refractivity contribution in [2.75, 3.05) is 6.54 Å². The van der Waals surface area contributed by atoms with Crippen molar-refractivity contribution in [3.05, 3.63) is 100 Å². The molecule has 0 N–H and O–H groups in total. The standard InChI is InChI=1S/C31H35Cl2N3/c1-3-5-20-35(22-24-12-16-27(32)17-13-24)23-29-30(25-14-18-28(33)19-15-25)34-31(36(29)21-6-4-2)26-10-8-7-9-11-26/h7-19H,3-6,20-23H2,1-2H3. The van der Waals surface area contributed by atoms with E-state index in [0.29, 0.717) is 0 Å². The molecule has 0 bridgehead atoms. The Balaban J connectivity index is 1.80. The molecule has 3 aromatic carbocycles. The normalized spacial score (nSPS) is 11.4. The minimum absolute atomic E-state index is 0.737. The van der Waals surface area contributed by atoms with Crippen molar-refractivity contribution in [2.45, 2.75) is 59.2 Å². The number of benzene rings is 3. The van der Waals surface area contributed by atoms with Crippen LogP contribution in [-0.2, 0) is 19.6 Å². The summed E-state index contributed by atoms with van der Waals surface area (Å²) in [5.41, 5.74) is 5.82. The molecule has 1 heterocycles. The van der Waals surface area contributed by atoms with E-state index in [1.807, 2.05) is 24.3 Å². The van der Waals surface area contributed by atoms with Crippen molar-refractivity contribution < 1.29 is 0 Å². The smallest absolute Gasteiger partial charge is 0.140 e. The van der Waals surface area contributed by atoms with E-state index in [-0.39, 0.29) is 0 Å². The van der Waals surface area contributed by atoms with Crippen LogP contribution in [0.2, 0.25) is 10.0 Å². The van der Waals surface area contributed by atoms with Gasteiger partial charge in [0.15, 0.2) is 0 Å². The number of hydrogen-bond acceptors (Lipinski definition) is 2. The summed E-state index contributed by atoms with van der Waals surface area (Å²) in [5.74, 6) is 1.03. The van der Waals surface area contributed by atoms with E-state index < -0.39 is 0 Å². The van der Waals surface area contributed by atoms with Gasteiger partial charge >= 0.3 is 0 Å². The molecule has 0 unspecified atom stereocenters. The molecule has 4 aromatic rings. The summed E-state index contributed by atoms with van der Waals surface area (Å²) in [5, 5.41) is 1.51. The number of unbranched alkanes of at least 4 members (excludes halogenated alkanes) is 2. The first-order valence-electron chi connectivity index (χ1n) is 13.0. The van der Waals surface area contributed by atoms with Crippen LogP contribution in [0.4, 0.5) is 0 Å². The Morgan fingerprint density at radius 2 is 1.36 bits per heavy atom. The minimum Gasteiger partial charge on any atom is -0.326 e. The quantitative estimate of drug-likeness (QED) is 0.186. The molecule has 0 saturated carbocycles. The van der Waals surface area contributed by atoms with E-state index in [9.17, 15) is 0 Å². The summed E-state index contributed by atoms with van der Waals surface area (Å²) in [7, 11) is 0. The molecule has 0 saturated heterocycles. The molecule has 3 nitrogen and oxygen atoms in total. The lowest BCUT2D eigenvalue weighted by molar-refractivity contribution is 0.246. The van der Waals surface area contributed by atoms with Crippen molar-refractivity contribution in [1.82, 2.24) is 14.5 Å². The van der Waals surface area contributed by atoms with Gasteiger partial charge in [-0.05, 0) is 49.2 Å². The van der Waals surface area contributed by atoms with Crippen molar-refractivity contribution in [2.24, 2.45) is 0 Å². The van der Waals surface area contributed by atoms with Gasteiger partial charge in [-0.3, -0.25) is 4.90 Å². The highest BCUT2D eigenvalue weighted by molar-refractivity contribution is 6.30. The highest BCUT2D eigenvalue weighted by Gasteiger charge is 2.22. The molecule has 0 fully saturated rings. The average Bonchev–Trinajstić information content (AvgIpc) is 3.26. The first-order valence-corrected chi connectivity index (χ1v) is 13.7. The lowest BCUT2D eigenvalue weighted by atomic mass is 10.1. The second kappa shape index (κ2) is 13.1. The zero-order chi connectivity index (χ0) is 25.3. The van der Waals surface area contributed by atoms with Crippen LogP contribution in [-0.4, -0.2) is 21.0 Å². The molecule has 0 aliphatic carbocycles. The third-order valence-electron chi connectivity index (χ3n) is 6.48. The maximum Gasteiger partial charge on any atom is 0.140 e. The van der Waals surface area contributed by atoms with Gasteiger partial charge < -0.3 is 4.57 Å². The number of hydrogen-bond donors (Lipinski definition) is 0. The van der Waals surface area contributed by atoms with Crippen LogP contribution < -0.4 is 0 Å². The van der Waals surface area contributed by atoms with Gasteiger partial charge in [-0.1, -0.05) is 104 Å².